The van der Waals surface area contributed by atoms with E-state index in [1.165, 1.54) is 0 Å². The Balaban J connectivity index is 1.98. The van der Waals surface area contributed by atoms with Gasteiger partial charge in [0.2, 0.25) is 0 Å². The van der Waals surface area contributed by atoms with Crippen LogP contribution in [0, 0.1) is 0 Å². The van der Waals surface area contributed by atoms with Gasteiger partial charge in [0, 0.05) is 25.7 Å². The molecule has 1 aliphatic heterocycles. The normalized spacial score (nSPS) is 22.9. The molecule has 1 aromatic heterocycles. The van der Waals surface area contributed by atoms with Crippen LogP contribution in [0.25, 0.3) is 0 Å². The van der Waals surface area contributed by atoms with Crippen molar-refractivity contribution >= 4 is 0 Å². The Hall–Kier alpha value is -0.940. The first-order valence-electron chi connectivity index (χ1n) is 5.85. The molecule has 0 aromatic carbocycles. The molecule has 1 saturated heterocycles. The first-order chi connectivity index (χ1) is 7.45. The molecule has 1 fully saturated rings. The van der Waals surface area contributed by atoms with Gasteiger partial charge in [0.15, 0.2) is 0 Å². The van der Waals surface area contributed by atoms with E-state index in [0.717, 1.165) is 31.7 Å². The number of nitrogens with two attached hydrogens (primary N) is 1. The van der Waals surface area contributed by atoms with E-state index >= 15 is 0 Å². The van der Waals surface area contributed by atoms with Crippen molar-refractivity contribution in [1.82, 2.24) is 19.9 Å². The van der Waals surface area contributed by atoms with Gasteiger partial charge in [0.05, 0.1) is 17.4 Å². The van der Waals surface area contributed by atoms with Crippen molar-refractivity contribution in [3.05, 3.63) is 11.9 Å². The predicted molar refractivity (Wildman–Crippen MR) is 62.9 cm³/mol. The molecule has 5 nitrogen and oxygen atoms in total. The Bertz CT molecular complexity index is 352. The lowest BCUT2D eigenvalue weighted by Gasteiger charge is -2.17. The Kier molecular flexibility index (Phi) is 2.99. The molecule has 0 amide bonds. The van der Waals surface area contributed by atoms with Gasteiger partial charge in [-0.2, -0.15) is 0 Å². The summed E-state index contributed by atoms with van der Waals surface area (Å²) in [6, 6.07) is 0.331. The molecule has 0 aliphatic carbocycles. The van der Waals surface area contributed by atoms with E-state index in [-0.39, 0.29) is 5.54 Å². The van der Waals surface area contributed by atoms with Gasteiger partial charge in [0.25, 0.3) is 0 Å². The Morgan fingerprint density at radius 1 is 1.50 bits per heavy atom. The van der Waals surface area contributed by atoms with E-state index in [1.54, 1.807) is 0 Å². The highest BCUT2D eigenvalue weighted by atomic mass is 15.4. The largest absolute Gasteiger partial charge is 0.326 e. The fraction of sp³-hybridized carbons (Fsp3) is 0.818. The molecule has 1 unspecified atom stereocenters. The highest BCUT2D eigenvalue weighted by Crippen LogP contribution is 2.14. The summed E-state index contributed by atoms with van der Waals surface area (Å²) in [6.45, 7) is 9.28. The molecule has 2 rings (SSSR count). The lowest BCUT2D eigenvalue weighted by molar-refractivity contribution is 0.322. The highest BCUT2D eigenvalue weighted by Gasteiger charge is 2.21. The van der Waals surface area contributed by atoms with Gasteiger partial charge in [-0.15, -0.1) is 5.10 Å². The molecule has 1 aliphatic rings. The van der Waals surface area contributed by atoms with E-state index < -0.39 is 0 Å². The van der Waals surface area contributed by atoms with Crippen LogP contribution in [0.5, 0.6) is 0 Å². The Morgan fingerprint density at radius 2 is 2.25 bits per heavy atom. The maximum atomic E-state index is 5.87. The molecule has 0 radical (unpaired) electrons. The van der Waals surface area contributed by atoms with E-state index in [2.05, 4.69) is 36.0 Å². The van der Waals surface area contributed by atoms with E-state index in [1.807, 2.05) is 10.9 Å². The monoisotopic (exact) mass is 223 g/mol. The first-order valence-corrected chi connectivity index (χ1v) is 5.85. The highest BCUT2D eigenvalue weighted by molar-refractivity contribution is 4.96. The summed E-state index contributed by atoms with van der Waals surface area (Å²) in [5.41, 5.74) is 6.91. The average Bonchev–Trinajstić information content (AvgIpc) is 2.74. The van der Waals surface area contributed by atoms with Crippen molar-refractivity contribution in [3.8, 4) is 0 Å². The van der Waals surface area contributed by atoms with Crippen LogP contribution in [0.1, 0.15) is 32.9 Å². The maximum Gasteiger partial charge on any atom is 0.0967 e. The van der Waals surface area contributed by atoms with Crippen molar-refractivity contribution in [3.63, 3.8) is 0 Å². The fourth-order valence-corrected chi connectivity index (χ4v) is 1.93. The average molecular weight is 223 g/mol. The molecule has 0 spiro atoms. The molecular weight excluding hydrogens is 202 g/mol. The zero-order chi connectivity index (χ0) is 11.8. The van der Waals surface area contributed by atoms with E-state index in [0.29, 0.717) is 6.04 Å². The third kappa shape index (κ3) is 2.59. The van der Waals surface area contributed by atoms with E-state index in [9.17, 15) is 0 Å². The maximum absolute atomic E-state index is 5.87. The number of hydrogen-bond acceptors (Lipinski definition) is 4. The summed E-state index contributed by atoms with van der Waals surface area (Å²) in [4.78, 5) is 2.34. The molecular formula is C11H21N5. The quantitative estimate of drug-likeness (QED) is 0.796. The minimum atomic E-state index is 0.00661. The molecule has 90 valence electrons. The van der Waals surface area contributed by atoms with Crippen LogP contribution >= 0.6 is 0 Å². The van der Waals surface area contributed by atoms with Gasteiger partial charge in [-0.05, 0) is 27.2 Å². The van der Waals surface area contributed by atoms with Crippen molar-refractivity contribution in [2.45, 2.75) is 45.3 Å². The SMILES string of the molecule is CC(C)(C)n1cc(CN2CCC(N)C2)nn1. The van der Waals surface area contributed by atoms with Crippen LogP contribution < -0.4 is 5.73 Å². The van der Waals surface area contributed by atoms with Gasteiger partial charge in [-0.1, -0.05) is 5.21 Å². The summed E-state index contributed by atoms with van der Waals surface area (Å²) in [6.07, 6.45) is 3.12. The second kappa shape index (κ2) is 4.14. The Morgan fingerprint density at radius 3 is 2.75 bits per heavy atom. The summed E-state index contributed by atoms with van der Waals surface area (Å²) < 4.78 is 1.92. The molecule has 0 bridgehead atoms. The second-order valence-corrected chi connectivity index (χ2v) is 5.61. The van der Waals surface area contributed by atoms with Crippen LogP contribution in [-0.4, -0.2) is 39.0 Å². The van der Waals surface area contributed by atoms with Gasteiger partial charge in [-0.3, -0.25) is 4.90 Å². The van der Waals surface area contributed by atoms with Crippen LogP contribution in [0.15, 0.2) is 6.20 Å². The molecule has 2 N–H and O–H groups in total. The van der Waals surface area contributed by atoms with Crippen molar-refractivity contribution in [2.24, 2.45) is 5.73 Å². The predicted octanol–water partition coefficient (Wildman–Crippen LogP) is 0.566. The van der Waals surface area contributed by atoms with Crippen LogP contribution in [0.2, 0.25) is 0 Å². The Labute approximate surface area is 96.6 Å². The smallest absolute Gasteiger partial charge is 0.0967 e. The van der Waals surface area contributed by atoms with Crippen LogP contribution in [0.4, 0.5) is 0 Å². The van der Waals surface area contributed by atoms with Gasteiger partial charge >= 0.3 is 0 Å². The summed E-state index contributed by atoms with van der Waals surface area (Å²) in [5, 5.41) is 8.36. The molecule has 16 heavy (non-hydrogen) atoms. The molecule has 1 aromatic rings. The number of aromatic nitrogens is 3. The standard InChI is InChI=1S/C11H21N5/c1-11(2,3)16-8-10(13-14-16)7-15-5-4-9(12)6-15/h8-9H,4-7,12H2,1-3H3. The number of likely N-dealkylation sites (tertiary alicyclic amines) is 1. The van der Waals surface area contributed by atoms with Crippen LogP contribution in [0.3, 0.4) is 0 Å². The lowest BCUT2D eigenvalue weighted by Crippen LogP contribution is -2.26. The third-order valence-corrected chi connectivity index (χ3v) is 2.92. The lowest BCUT2D eigenvalue weighted by atomic mass is 10.1. The minimum Gasteiger partial charge on any atom is -0.326 e. The molecule has 1 atom stereocenters. The minimum absolute atomic E-state index is 0.00661. The summed E-state index contributed by atoms with van der Waals surface area (Å²) in [7, 11) is 0. The second-order valence-electron chi connectivity index (χ2n) is 5.61. The van der Waals surface area contributed by atoms with Crippen LogP contribution in [-0.2, 0) is 12.1 Å². The number of hydrogen-bond donors (Lipinski definition) is 1. The number of nitrogens with zero attached hydrogens (tertiary/aromatic N) is 4. The fourth-order valence-electron chi connectivity index (χ4n) is 1.93. The molecule has 5 heteroatoms. The summed E-state index contributed by atoms with van der Waals surface area (Å²) in [5.74, 6) is 0. The molecule has 0 saturated carbocycles. The van der Waals surface area contributed by atoms with Gasteiger partial charge in [0.1, 0.15) is 0 Å². The zero-order valence-corrected chi connectivity index (χ0v) is 10.3. The first kappa shape index (κ1) is 11.5. The topological polar surface area (TPSA) is 60.0 Å². The number of rotatable bonds is 2. The zero-order valence-electron chi connectivity index (χ0n) is 10.3. The van der Waals surface area contributed by atoms with Crippen molar-refractivity contribution in [1.29, 1.82) is 0 Å². The summed E-state index contributed by atoms with van der Waals surface area (Å²) >= 11 is 0. The molecule has 2 heterocycles. The van der Waals surface area contributed by atoms with Gasteiger partial charge in [-0.25, -0.2) is 4.68 Å². The van der Waals surface area contributed by atoms with Crippen molar-refractivity contribution < 1.29 is 0 Å². The van der Waals surface area contributed by atoms with Gasteiger partial charge < -0.3 is 5.73 Å². The van der Waals surface area contributed by atoms with Crippen molar-refractivity contribution in [2.75, 3.05) is 13.1 Å². The van der Waals surface area contributed by atoms with E-state index in [4.69, 9.17) is 5.73 Å². The third-order valence-electron chi connectivity index (χ3n) is 2.92.